The molecule has 168 valence electrons. The molecule has 1 aliphatic carbocycles. The molecule has 0 spiro atoms. The quantitative estimate of drug-likeness (QED) is 0.204. The minimum Gasteiger partial charge on any atom is -0.423 e. The van der Waals surface area contributed by atoms with Gasteiger partial charge in [-0.3, -0.25) is 9.69 Å². The maximum absolute atomic E-state index is 12.8. The minimum absolute atomic E-state index is 0.0430. The number of amides is 1. The molecule has 0 aromatic heterocycles. The van der Waals surface area contributed by atoms with Gasteiger partial charge in [-0.1, -0.05) is 54.3 Å². The van der Waals surface area contributed by atoms with Crippen LogP contribution in [0.2, 0.25) is 0 Å². The highest BCUT2D eigenvalue weighted by Gasteiger charge is 2.42. The van der Waals surface area contributed by atoms with Gasteiger partial charge in [0, 0.05) is 6.08 Å². The molecule has 1 amide bonds. The number of carbonyl (C=O) groups is 2. The molecule has 2 fully saturated rings. The zero-order valence-corrected chi connectivity index (χ0v) is 19.8. The third-order valence-electron chi connectivity index (χ3n) is 5.61. The van der Waals surface area contributed by atoms with Gasteiger partial charge in [0.1, 0.15) is 10.1 Å². The molecule has 2 saturated heterocycles. The van der Waals surface area contributed by atoms with Crippen molar-refractivity contribution in [2.24, 2.45) is 5.92 Å². The summed E-state index contributed by atoms with van der Waals surface area (Å²) in [6.07, 6.45) is 12.8. The Morgan fingerprint density at radius 3 is 2.62 bits per heavy atom. The molecule has 0 unspecified atom stereocenters. The van der Waals surface area contributed by atoms with Crippen molar-refractivity contribution in [3.8, 4) is 5.75 Å². The van der Waals surface area contributed by atoms with Crippen LogP contribution < -0.4 is 4.74 Å². The van der Waals surface area contributed by atoms with E-state index in [0.717, 1.165) is 24.8 Å². The van der Waals surface area contributed by atoms with Crippen LogP contribution in [0.4, 0.5) is 0 Å². The maximum Gasteiger partial charge on any atom is 0.335 e. The predicted octanol–water partition coefficient (Wildman–Crippen LogP) is 3.89. The van der Waals surface area contributed by atoms with Crippen LogP contribution in [0, 0.1) is 5.92 Å². The van der Waals surface area contributed by atoms with Crippen molar-refractivity contribution >= 4 is 56.1 Å². The Hall–Kier alpha value is -2.23. The predicted molar refractivity (Wildman–Crippen MR) is 130 cm³/mol. The summed E-state index contributed by atoms with van der Waals surface area (Å²) in [4.78, 5) is 26.7. The molecule has 2 aliphatic heterocycles. The number of allylic oxidation sites excluding steroid dienone is 3. The van der Waals surface area contributed by atoms with E-state index in [2.05, 4.69) is 12.2 Å². The lowest BCUT2D eigenvalue weighted by Crippen LogP contribution is -2.39. The monoisotopic (exact) mass is 489 g/mol. The summed E-state index contributed by atoms with van der Waals surface area (Å²) in [6, 6.07) is 6.46. The molecule has 0 N–H and O–H groups in total. The summed E-state index contributed by atoms with van der Waals surface area (Å²) >= 11 is 6.50. The average Bonchev–Trinajstić information content (AvgIpc) is 3.26. The van der Waals surface area contributed by atoms with Crippen molar-refractivity contribution in [3.05, 3.63) is 59.0 Å². The van der Waals surface area contributed by atoms with Gasteiger partial charge in [-0.15, -0.1) is 0 Å². The van der Waals surface area contributed by atoms with E-state index in [1.807, 2.05) is 6.08 Å². The van der Waals surface area contributed by atoms with E-state index in [1.165, 1.54) is 22.7 Å². The molecule has 32 heavy (non-hydrogen) atoms. The van der Waals surface area contributed by atoms with Gasteiger partial charge in [0.25, 0.3) is 5.91 Å². The highest BCUT2D eigenvalue weighted by molar-refractivity contribution is 8.26. The van der Waals surface area contributed by atoms with Crippen LogP contribution in [0.25, 0.3) is 6.08 Å². The number of benzene rings is 1. The Labute approximate surface area is 197 Å². The van der Waals surface area contributed by atoms with Crippen LogP contribution >= 0.6 is 24.0 Å². The van der Waals surface area contributed by atoms with E-state index in [9.17, 15) is 18.0 Å². The summed E-state index contributed by atoms with van der Waals surface area (Å²) in [7, 11) is -3.11. The smallest absolute Gasteiger partial charge is 0.335 e. The second-order valence-electron chi connectivity index (χ2n) is 8.00. The first-order chi connectivity index (χ1) is 15.3. The summed E-state index contributed by atoms with van der Waals surface area (Å²) in [5.41, 5.74) is 0.758. The van der Waals surface area contributed by atoms with Crippen LogP contribution in [-0.2, 0) is 19.4 Å². The second kappa shape index (κ2) is 9.72. The van der Waals surface area contributed by atoms with Crippen molar-refractivity contribution in [2.75, 3.05) is 11.5 Å². The number of hydrogen-bond donors (Lipinski definition) is 0. The number of rotatable bonds is 5. The Bertz CT molecular complexity index is 1120. The minimum atomic E-state index is -3.11. The number of hydrogen-bond acceptors (Lipinski definition) is 7. The third kappa shape index (κ3) is 5.57. The molecular formula is C23H23NO5S3. The molecule has 9 heteroatoms. The number of thiocarbonyl (C=S) groups is 1. The lowest BCUT2D eigenvalue weighted by atomic mass is 9.94. The van der Waals surface area contributed by atoms with Crippen molar-refractivity contribution in [3.63, 3.8) is 0 Å². The average molecular weight is 490 g/mol. The topological polar surface area (TPSA) is 80.8 Å². The van der Waals surface area contributed by atoms with E-state index in [1.54, 1.807) is 30.3 Å². The van der Waals surface area contributed by atoms with Gasteiger partial charge in [0.05, 0.1) is 22.5 Å². The first kappa shape index (κ1) is 22.9. The van der Waals surface area contributed by atoms with Crippen LogP contribution in [0.15, 0.2) is 53.5 Å². The lowest BCUT2D eigenvalue weighted by Gasteiger charge is -2.20. The molecule has 6 nitrogen and oxygen atoms in total. The largest absolute Gasteiger partial charge is 0.423 e. The van der Waals surface area contributed by atoms with Crippen molar-refractivity contribution in [1.82, 2.24) is 4.90 Å². The van der Waals surface area contributed by atoms with Crippen LogP contribution in [0.1, 0.15) is 31.2 Å². The fourth-order valence-electron chi connectivity index (χ4n) is 3.91. The van der Waals surface area contributed by atoms with E-state index >= 15 is 0 Å². The lowest BCUT2D eigenvalue weighted by molar-refractivity contribution is -0.129. The Kier molecular flexibility index (Phi) is 6.97. The van der Waals surface area contributed by atoms with Crippen molar-refractivity contribution in [1.29, 1.82) is 0 Å². The molecule has 2 atom stereocenters. The zero-order valence-electron chi connectivity index (χ0n) is 17.3. The SMILES string of the molecule is O=C(/C=C/[C@@H]1CC=CCC1)Oc1ccc(/C=C2\SC(=S)N([C@H]3CCS(=O)(=O)C3)C2=O)cc1. The Balaban J connectivity index is 1.37. The summed E-state index contributed by atoms with van der Waals surface area (Å²) in [6.45, 7) is 0. The highest BCUT2D eigenvalue weighted by atomic mass is 32.2. The Morgan fingerprint density at radius 2 is 1.97 bits per heavy atom. The van der Waals surface area contributed by atoms with Gasteiger partial charge in [-0.25, -0.2) is 13.2 Å². The molecule has 1 aromatic carbocycles. The highest BCUT2D eigenvalue weighted by Crippen LogP contribution is 2.36. The van der Waals surface area contributed by atoms with E-state index < -0.39 is 21.8 Å². The van der Waals surface area contributed by atoms with E-state index in [0.29, 0.717) is 27.3 Å². The van der Waals surface area contributed by atoms with Gasteiger partial charge < -0.3 is 4.74 Å². The fourth-order valence-corrected chi connectivity index (χ4v) is 7.01. The normalized spacial score (nSPS) is 26.4. The number of sulfone groups is 1. The summed E-state index contributed by atoms with van der Waals surface area (Å²) < 4.78 is 29.3. The van der Waals surface area contributed by atoms with Gasteiger partial charge in [-0.2, -0.15) is 0 Å². The molecule has 1 aromatic rings. The first-order valence-corrected chi connectivity index (χ1v) is 13.5. The zero-order chi connectivity index (χ0) is 22.7. The number of esters is 1. The number of nitrogens with zero attached hydrogens (tertiary/aromatic N) is 1. The first-order valence-electron chi connectivity index (χ1n) is 10.4. The van der Waals surface area contributed by atoms with Crippen molar-refractivity contribution in [2.45, 2.75) is 31.7 Å². The molecule has 2 heterocycles. The van der Waals surface area contributed by atoms with Gasteiger partial charge in [0.15, 0.2) is 9.84 Å². The van der Waals surface area contributed by atoms with Crippen LogP contribution in [0.3, 0.4) is 0 Å². The fraction of sp³-hybridized carbons (Fsp3) is 0.348. The van der Waals surface area contributed by atoms with E-state index in [-0.39, 0.29) is 17.4 Å². The van der Waals surface area contributed by atoms with Crippen LogP contribution in [0.5, 0.6) is 5.75 Å². The Morgan fingerprint density at radius 1 is 1.19 bits per heavy atom. The molecule has 3 aliphatic rings. The number of thioether (sulfide) groups is 1. The summed E-state index contributed by atoms with van der Waals surface area (Å²) in [5, 5.41) is 0. The van der Waals surface area contributed by atoms with Crippen LogP contribution in [-0.4, -0.2) is 47.1 Å². The standard InChI is InChI=1S/C23H23NO5S3/c25-21(11-8-16-4-2-1-3-5-16)29-19-9-6-17(7-10-19)14-20-22(26)24(23(30)31-20)18-12-13-32(27,28)15-18/h1-2,6-11,14,16,18H,3-5,12-13,15H2/b11-8+,20-14-/t16-,18+/m1/s1. The molecule has 0 bridgehead atoms. The number of carbonyl (C=O) groups excluding carboxylic acids is 2. The molecular weight excluding hydrogens is 466 g/mol. The molecule has 4 rings (SSSR count). The van der Waals surface area contributed by atoms with E-state index in [4.69, 9.17) is 17.0 Å². The van der Waals surface area contributed by atoms with Gasteiger partial charge >= 0.3 is 5.97 Å². The number of ether oxygens (including phenoxy) is 1. The maximum atomic E-state index is 12.8. The summed E-state index contributed by atoms with van der Waals surface area (Å²) in [5.74, 6) is 0.154. The third-order valence-corrected chi connectivity index (χ3v) is 8.69. The van der Waals surface area contributed by atoms with Crippen molar-refractivity contribution < 1.29 is 22.7 Å². The molecule has 0 radical (unpaired) electrons. The van der Waals surface area contributed by atoms with Gasteiger partial charge in [-0.05, 0) is 55.4 Å². The van der Waals surface area contributed by atoms with Gasteiger partial charge in [0.2, 0.25) is 0 Å². The molecule has 0 saturated carbocycles. The second-order valence-corrected chi connectivity index (χ2v) is 11.9.